The van der Waals surface area contributed by atoms with Crippen LogP contribution in [-0.2, 0) is 12.8 Å². The molecule has 5 rings (SSSR count). The molecule has 2 fully saturated rings. The van der Waals surface area contributed by atoms with Gasteiger partial charge < -0.3 is 10.0 Å². The quantitative estimate of drug-likeness (QED) is 0.517. The number of carbonyl (C=O) groups excluding carboxylic acids is 1. The molecule has 2 aliphatic rings. The molecule has 174 valence electrons. The zero-order valence-electron chi connectivity index (χ0n) is 18.9. The van der Waals surface area contributed by atoms with Crippen LogP contribution in [0, 0.1) is 11.8 Å². The number of benzene rings is 1. The Morgan fingerprint density at radius 1 is 1.18 bits per heavy atom. The van der Waals surface area contributed by atoms with E-state index in [9.17, 15) is 9.90 Å². The minimum Gasteiger partial charge on any atom is -0.391 e. The Labute approximate surface area is 202 Å². The van der Waals surface area contributed by atoms with Crippen molar-refractivity contribution in [3.05, 3.63) is 47.0 Å². The summed E-state index contributed by atoms with van der Waals surface area (Å²) in [5, 5.41) is 11.1. The van der Waals surface area contributed by atoms with Crippen molar-refractivity contribution in [1.82, 2.24) is 19.9 Å². The first-order valence-corrected chi connectivity index (χ1v) is 13.8. The fraction of sp³-hybridized carbons (Fsp3) is 0.520. The Morgan fingerprint density at radius 2 is 1.97 bits per heavy atom. The van der Waals surface area contributed by atoms with Crippen LogP contribution in [0.25, 0.3) is 10.2 Å². The van der Waals surface area contributed by atoms with E-state index in [2.05, 4.69) is 9.97 Å². The topological polar surface area (TPSA) is 79.2 Å². The highest BCUT2D eigenvalue weighted by Crippen LogP contribution is 2.36. The maximum atomic E-state index is 12.9. The zero-order chi connectivity index (χ0) is 22.8. The van der Waals surface area contributed by atoms with Crippen molar-refractivity contribution in [2.24, 2.45) is 11.8 Å². The monoisotopic (exact) mass is 482 g/mol. The summed E-state index contributed by atoms with van der Waals surface area (Å²) in [5.41, 5.74) is 1.67. The number of hydrogen-bond donors (Lipinski definition) is 1. The molecular formula is C25H30N4O2S2. The number of fused-ring (bicyclic) bond motifs is 1. The number of carbonyl (C=O) groups is 1. The molecule has 8 heteroatoms. The lowest BCUT2D eigenvalue weighted by Crippen LogP contribution is -2.42. The standard InChI is InChI=1S/C25H30N4O2S2/c1-32-20-13-26-23(27-14-20)10-16-4-5-17(9-16)11-24-28-21-7-6-18(12-22(21)33-24)25(31)29-8-2-3-19(30)15-29/h6-7,12-14,16-17,19,30H,2-5,8-11,15H2,1H3/t16-,17-,19?/m0/s1. The highest BCUT2D eigenvalue weighted by molar-refractivity contribution is 7.98. The summed E-state index contributed by atoms with van der Waals surface area (Å²) in [6.07, 6.45) is 12.7. The lowest BCUT2D eigenvalue weighted by Gasteiger charge is -2.30. The van der Waals surface area contributed by atoms with Crippen molar-refractivity contribution in [2.75, 3.05) is 19.3 Å². The van der Waals surface area contributed by atoms with E-state index >= 15 is 0 Å². The molecule has 0 bridgehead atoms. The third-order valence-electron chi connectivity index (χ3n) is 6.87. The first-order valence-electron chi connectivity index (χ1n) is 11.8. The Hall–Kier alpha value is -2.03. The number of thioether (sulfide) groups is 1. The molecular weight excluding hydrogens is 452 g/mol. The van der Waals surface area contributed by atoms with Crippen LogP contribution in [0.4, 0.5) is 0 Å². The van der Waals surface area contributed by atoms with Gasteiger partial charge in [-0.2, -0.15) is 0 Å². The van der Waals surface area contributed by atoms with Crippen LogP contribution < -0.4 is 0 Å². The number of β-amino-alcohol motifs (C(OH)–C–C–N with tert-alkyl or cyclic N) is 1. The van der Waals surface area contributed by atoms with E-state index in [4.69, 9.17) is 4.98 Å². The second kappa shape index (κ2) is 10.1. The van der Waals surface area contributed by atoms with Gasteiger partial charge in [-0.25, -0.2) is 15.0 Å². The van der Waals surface area contributed by atoms with Crippen LogP contribution in [0.1, 0.15) is 53.3 Å². The van der Waals surface area contributed by atoms with E-state index in [-0.39, 0.29) is 5.91 Å². The Kier molecular flexibility index (Phi) is 6.94. The number of aliphatic hydroxyl groups is 1. The molecule has 33 heavy (non-hydrogen) atoms. The SMILES string of the molecule is CSc1cnc(C[C@H]2CC[C@H](Cc3nc4ccc(C(=O)N5CCCC(O)C5)cc4s3)C2)nc1. The van der Waals surface area contributed by atoms with Gasteiger partial charge in [-0.3, -0.25) is 4.79 Å². The number of nitrogens with zero attached hydrogens (tertiary/aromatic N) is 4. The van der Waals surface area contributed by atoms with Gasteiger partial charge in [0.1, 0.15) is 5.82 Å². The van der Waals surface area contributed by atoms with Gasteiger partial charge in [0.15, 0.2) is 0 Å². The van der Waals surface area contributed by atoms with Crippen LogP contribution in [0.3, 0.4) is 0 Å². The van der Waals surface area contributed by atoms with Crippen molar-refractivity contribution < 1.29 is 9.90 Å². The molecule has 3 atom stereocenters. The van der Waals surface area contributed by atoms with E-state index in [0.29, 0.717) is 23.9 Å². The largest absolute Gasteiger partial charge is 0.391 e. The minimum absolute atomic E-state index is 0.0111. The molecule has 1 aromatic carbocycles. The highest BCUT2D eigenvalue weighted by atomic mass is 32.2. The summed E-state index contributed by atoms with van der Waals surface area (Å²) >= 11 is 3.39. The van der Waals surface area contributed by atoms with Crippen LogP contribution in [0.2, 0.25) is 0 Å². The molecule has 1 unspecified atom stereocenters. The number of amides is 1. The smallest absolute Gasteiger partial charge is 0.253 e. The average Bonchev–Trinajstić information content (AvgIpc) is 3.44. The molecule has 1 N–H and O–H groups in total. The zero-order valence-corrected chi connectivity index (χ0v) is 20.6. The number of rotatable bonds is 6. The van der Waals surface area contributed by atoms with E-state index < -0.39 is 6.10 Å². The van der Waals surface area contributed by atoms with Gasteiger partial charge in [-0.15, -0.1) is 23.1 Å². The molecule has 0 radical (unpaired) electrons. The van der Waals surface area contributed by atoms with Gasteiger partial charge in [0.05, 0.1) is 21.3 Å². The lowest BCUT2D eigenvalue weighted by molar-refractivity contribution is 0.0474. The maximum absolute atomic E-state index is 12.9. The van der Waals surface area contributed by atoms with Gasteiger partial charge in [0.25, 0.3) is 5.91 Å². The van der Waals surface area contributed by atoms with Crippen LogP contribution in [-0.4, -0.2) is 56.3 Å². The van der Waals surface area contributed by atoms with Crippen molar-refractivity contribution in [1.29, 1.82) is 0 Å². The summed E-state index contributed by atoms with van der Waals surface area (Å²) in [4.78, 5) is 29.7. The van der Waals surface area contributed by atoms with E-state index in [1.807, 2.05) is 36.8 Å². The summed E-state index contributed by atoms with van der Waals surface area (Å²) in [5.74, 6) is 2.26. The lowest BCUT2D eigenvalue weighted by atomic mass is 9.99. The Morgan fingerprint density at radius 3 is 2.73 bits per heavy atom. The van der Waals surface area contributed by atoms with Gasteiger partial charge in [-0.1, -0.05) is 0 Å². The minimum atomic E-state index is -0.405. The van der Waals surface area contributed by atoms with E-state index in [0.717, 1.165) is 58.2 Å². The molecule has 1 aliphatic carbocycles. The van der Waals surface area contributed by atoms with Gasteiger partial charge in [0.2, 0.25) is 0 Å². The van der Waals surface area contributed by atoms with Crippen LogP contribution in [0.15, 0.2) is 35.5 Å². The van der Waals surface area contributed by atoms with Crippen molar-refractivity contribution in [3.63, 3.8) is 0 Å². The predicted octanol–water partition coefficient (Wildman–Crippen LogP) is 4.61. The van der Waals surface area contributed by atoms with Gasteiger partial charge >= 0.3 is 0 Å². The first-order chi connectivity index (χ1) is 16.1. The third kappa shape index (κ3) is 5.39. The number of aromatic nitrogens is 3. The highest BCUT2D eigenvalue weighted by Gasteiger charge is 2.27. The molecule has 3 aromatic rings. The second-order valence-corrected chi connectivity index (χ2v) is 11.3. The molecule has 2 aromatic heterocycles. The fourth-order valence-electron chi connectivity index (χ4n) is 5.12. The van der Waals surface area contributed by atoms with Gasteiger partial charge in [-0.05, 0) is 68.4 Å². The summed E-state index contributed by atoms with van der Waals surface area (Å²) in [6.45, 7) is 1.15. The molecule has 1 saturated carbocycles. The van der Waals surface area contributed by atoms with Crippen LogP contribution >= 0.6 is 23.1 Å². The van der Waals surface area contributed by atoms with Crippen molar-refractivity contribution in [2.45, 2.75) is 55.9 Å². The number of piperidine rings is 1. The average molecular weight is 483 g/mol. The Balaban J connectivity index is 1.20. The van der Waals surface area contributed by atoms with Crippen molar-refractivity contribution >= 4 is 39.2 Å². The summed E-state index contributed by atoms with van der Waals surface area (Å²) in [6, 6.07) is 5.83. The van der Waals surface area contributed by atoms with Crippen molar-refractivity contribution in [3.8, 4) is 0 Å². The normalized spacial score (nSPS) is 23.3. The fourth-order valence-corrected chi connectivity index (χ4v) is 6.56. The third-order valence-corrected chi connectivity index (χ3v) is 8.59. The number of hydrogen-bond acceptors (Lipinski definition) is 7. The van der Waals surface area contributed by atoms with E-state index in [1.165, 1.54) is 19.3 Å². The molecule has 1 saturated heterocycles. The summed E-state index contributed by atoms with van der Waals surface area (Å²) in [7, 11) is 0. The van der Waals surface area contributed by atoms with Gasteiger partial charge in [0, 0.05) is 48.8 Å². The molecule has 3 heterocycles. The Bertz CT molecular complexity index is 1120. The number of likely N-dealkylation sites (tertiary alicyclic amines) is 1. The molecule has 6 nitrogen and oxygen atoms in total. The van der Waals surface area contributed by atoms with E-state index in [1.54, 1.807) is 28.0 Å². The number of thiazole rings is 1. The molecule has 0 spiro atoms. The maximum Gasteiger partial charge on any atom is 0.253 e. The summed E-state index contributed by atoms with van der Waals surface area (Å²) < 4.78 is 1.07. The molecule has 1 amide bonds. The second-order valence-electron chi connectivity index (χ2n) is 9.33. The predicted molar refractivity (Wildman–Crippen MR) is 133 cm³/mol. The number of aliphatic hydroxyl groups excluding tert-OH is 1. The van der Waals surface area contributed by atoms with Crippen LogP contribution in [0.5, 0.6) is 0 Å². The first kappa shape index (κ1) is 22.7. The molecule has 1 aliphatic heterocycles.